The fourth-order valence-electron chi connectivity index (χ4n) is 10.0. The Kier molecular flexibility index (Phi) is 11.8. The van der Waals surface area contributed by atoms with Crippen LogP contribution in [-0.2, 0) is 10.0 Å². The predicted molar refractivity (Wildman–Crippen MR) is 248 cm³/mol. The summed E-state index contributed by atoms with van der Waals surface area (Å²) in [7, 11) is -2.42. The molecule has 4 heterocycles. The van der Waals surface area contributed by atoms with Gasteiger partial charge in [0.15, 0.2) is 0 Å². The van der Waals surface area contributed by atoms with Gasteiger partial charge in [-0.05, 0) is 129 Å². The number of piperazine rings is 1. The minimum Gasteiger partial charge on any atom is -0.456 e. The number of allylic oxidation sites excluding steroid dienone is 1. The molecule has 63 heavy (non-hydrogen) atoms. The first-order chi connectivity index (χ1) is 30.2. The molecule has 0 spiro atoms. The zero-order valence-electron chi connectivity index (χ0n) is 35.9. The Hall–Kier alpha value is -5.41. The number of rotatable bonds is 12. The van der Waals surface area contributed by atoms with Gasteiger partial charge in [-0.2, -0.15) is 0 Å². The van der Waals surface area contributed by atoms with E-state index >= 15 is 0 Å². The molecule has 15 heteroatoms. The number of piperidine rings is 1. The Morgan fingerprint density at radius 2 is 1.70 bits per heavy atom. The molecule has 9 rings (SSSR count). The monoisotopic (exact) mass is 891 g/mol. The SMILES string of the molecule is CN1[C@@H]2CC[C@H]1CC(Nc1ccc(S(=O)(=O)NC(=O)c3ccc(N4CCN(CC5=C(c6ccc(Cl)cc6)CC(C)(C)CC5)CC4)cc3Oc3ccc4[nH]ccc4c3)cc1[N+](=O)[O-])C2. The van der Waals surface area contributed by atoms with Crippen LogP contribution in [-0.4, -0.2) is 91.9 Å². The van der Waals surface area contributed by atoms with E-state index in [-0.39, 0.29) is 39.0 Å². The van der Waals surface area contributed by atoms with Crippen molar-refractivity contribution in [2.24, 2.45) is 5.41 Å². The number of aromatic amines is 1. The molecule has 3 fully saturated rings. The second-order valence-electron chi connectivity index (χ2n) is 18.4. The molecule has 1 unspecified atom stereocenters. The highest BCUT2D eigenvalue weighted by molar-refractivity contribution is 7.90. The van der Waals surface area contributed by atoms with Crippen molar-refractivity contribution in [3.63, 3.8) is 0 Å². The Balaban J connectivity index is 0.930. The minimum atomic E-state index is -4.54. The molecule has 4 aliphatic rings. The lowest BCUT2D eigenvalue weighted by Gasteiger charge is -2.39. The number of H-pyrrole nitrogens is 1. The van der Waals surface area contributed by atoms with Gasteiger partial charge in [-0.1, -0.05) is 43.2 Å². The highest BCUT2D eigenvalue weighted by atomic mass is 35.5. The number of fused-ring (bicyclic) bond motifs is 3. The van der Waals surface area contributed by atoms with Crippen molar-refractivity contribution in [3.05, 3.63) is 123 Å². The zero-order valence-corrected chi connectivity index (χ0v) is 37.5. The number of nitro benzene ring substituents is 1. The molecule has 4 aromatic carbocycles. The molecule has 3 saturated heterocycles. The largest absolute Gasteiger partial charge is 0.456 e. The van der Waals surface area contributed by atoms with Gasteiger partial charge in [-0.3, -0.25) is 19.8 Å². The van der Waals surface area contributed by atoms with Crippen LogP contribution in [0.1, 0.15) is 74.7 Å². The molecule has 5 aromatic rings. The second kappa shape index (κ2) is 17.3. The predicted octanol–water partition coefficient (Wildman–Crippen LogP) is 9.46. The number of hydrogen-bond acceptors (Lipinski definition) is 10. The topological polar surface area (TPSA) is 153 Å². The average molecular weight is 893 g/mol. The van der Waals surface area contributed by atoms with Crippen LogP contribution in [0.15, 0.2) is 102 Å². The molecule has 330 valence electrons. The standard InChI is InChI=1S/C48H54ClN7O6S/c1-48(2)18-16-33(42(29-48)31-4-6-34(49)7-5-31)30-54-20-22-55(23-21-54)38-10-13-41(46(27-38)62-39-11-14-43-32(24-39)17-19-50-43)47(57)52-63(60,61)40-12-15-44(45(28-40)56(58)59)51-35-25-36-8-9-37(26-35)53(36)3/h4-7,10-15,17,19,24,27-28,35-37,50-51H,8-9,16,18,20-23,25-26,29-30H2,1-3H3,(H,52,57)/t35?,36-,37+. The Bertz CT molecular complexity index is 2680. The van der Waals surface area contributed by atoms with Gasteiger partial charge in [0.25, 0.3) is 21.6 Å². The van der Waals surface area contributed by atoms with Crippen molar-refractivity contribution in [1.82, 2.24) is 19.5 Å². The normalized spacial score (nSPS) is 21.7. The van der Waals surface area contributed by atoms with Gasteiger partial charge < -0.3 is 24.8 Å². The van der Waals surface area contributed by atoms with Crippen LogP contribution < -0.4 is 19.7 Å². The van der Waals surface area contributed by atoms with Gasteiger partial charge in [0.1, 0.15) is 17.2 Å². The lowest BCUT2D eigenvalue weighted by atomic mass is 9.72. The fourth-order valence-corrected chi connectivity index (χ4v) is 11.1. The van der Waals surface area contributed by atoms with E-state index in [2.05, 4.69) is 62.8 Å². The van der Waals surface area contributed by atoms with Gasteiger partial charge in [0, 0.05) is 90.8 Å². The number of aromatic nitrogens is 1. The summed E-state index contributed by atoms with van der Waals surface area (Å²) in [6, 6.07) is 25.4. The van der Waals surface area contributed by atoms with Crippen LogP contribution in [0, 0.1) is 15.5 Å². The summed E-state index contributed by atoms with van der Waals surface area (Å²) in [5.41, 5.74) is 6.00. The Morgan fingerprint density at radius 1 is 0.952 bits per heavy atom. The average Bonchev–Trinajstić information content (AvgIpc) is 3.79. The summed E-state index contributed by atoms with van der Waals surface area (Å²) in [6.45, 7) is 8.73. The van der Waals surface area contributed by atoms with Crippen LogP contribution in [0.25, 0.3) is 16.5 Å². The number of ether oxygens (including phenoxy) is 1. The first-order valence-electron chi connectivity index (χ1n) is 21.9. The van der Waals surface area contributed by atoms with Crippen LogP contribution in [0.3, 0.4) is 0 Å². The number of carbonyl (C=O) groups is 1. The molecule has 2 bridgehead atoms. The minimum absolute atomic E-state index is 0.00157. The lowest BCUT2D eigenvalue weighted by molar-refractivity contribution is -0.384. The molecule has 3 atom stereocenters. The van der Waals surface area contributed by atoms with E-state index in [1.807, 2.05) is 42.6 Å². The number of benzene rings is 4. The third-order valence-electron chi connectivity index (χ3n) is 13.7. The van der Waals surface area contributed by atoms with Crippen molar-refractivity contribution < 1.29 is 22.9 Å². The van der Waals surface area contributed by atoms with Gasteiger partial charge >= 0.3 is 0 Å². The number of nitrogens with one attached hydrogen (secondary N) is 3. The molecule has 3 aliphatic heterocycles. The number of anilines is 2. The van der Waals surface area contributed by atoms with E-state index in [0.717, 1.165) is 105 Å². The number of nitro groups is 1. The Morgan fingerprint density at radius 3 is 2.43 bits per heavy atom. The van der Waals surface area contributed by atoms with E-state index < -0.39 is 20.9 Å². The van der Waals surface area contributed by atoms with Gasteiger partial charge in [0.2, 0.25) is 0 Å². The molecular formula is C48H54ClN7O6S. The lowest BCUT2D eigenvalue weighted by Crippen LogP contribution is -2.47. The highest BCUT2D eigenvalue weighted by Crippen LogP contribution is 2.44. The summed E-state index contributed by atoms with van der Waals surface area (Å²) < 4.78 is 36.2. The maximum absolute atomic E-state index is 14.0. The van der Waals surface area contributed by atoms with Gasteiger partial charge in [-0.25, -0.2) is 13.1 Å². The third-order valence-corrected chi connectivity index (χ3v) is 15.2. The van der Waals surface area contributed by atoms with Gasteiger partial charge in [0.05, 0.1) is 15.4 Å². The Labute approximate surface area is 373 Å². The quantitative estimate of drug-likeness (QED) is 0.0816. The number of sulfonamides is 1. The summed E-state index contributed by atoms with van der Waals surface area (Å²) in [6.07, 6.45) is 8.94. The molecule has 0 radical (unpaired) electrons. The van der Waals surface area contributed by atoms with E-state index in [1.165, 1.54) is 28.8 Å². The third kappa shape index (κ3) is 9.31. The summed E-state index contributed by atoms with van der Waals surface area (Å²) >= 11 is 6.25. The fraction of sp³-hybridized carbons (Fsp3) is 0.396. The zero-order chi connectivity index (χ0) is 44.0. The smallest absolute Gasteiger partial charge is 0.293 e. The first-order valence-corrected chi connectivity index (χ1v) is 23.7. The summed E-state index contributed by atoms with van der Waals surface area (Å²) in [4.78, 5) is 35.6. The molecule has 0 saturated carbocycles. The van der Waals surface area contributed by atoms with Crippen LogP contribution >= 0.6 is 11.6 Å². The van der Waals surface area contributed by atoms with Crippen molar-refractivity contribution in [1.29, 1.82) is 0 Å². The van der Waals surface area contributed by atoms with Crippen molar-refractivity contribution in [2.75, 3.05) is 50.0 Å². The van der Waals surface area contributed by atoms with Crippen LogP contribution in [0.2, 0.25) is 5.02 Å². The number of halogens is 1. The van der Waals surface area contributed by atoms with E-state index in [4.69, 9.17) is 16.3 Å². The molecular weight excluding hydrogens is 838 g/mol. The van der Waals surface area contributed by atoms with E-state index in [9.17, 15) is 23.3 Å². The molecule has 1 amide bonds. The van der Waals surface area contributed by atoms with Crippen molar-refractivity contribution >= 4 is 61.1 Å². The number of nitrogens with zero attached hydrogens (tertiary/aromatic N) is 4. The maximum atomic E-state index is 14.0. The van der Waals surface area contributed by atoms with Gasteiger partial charge in [-0.15, -0.1) is 0 Å². The summed E-state index contributed by atoms with van der Waals surface area (Å²) in [5, 5.41) is 17.2. The summed E-state index contributed by atoms with van der Waals surface area (Å²) in [5.74, 6) is -0.272. The highest BCUT2D eigenvalue weighted by Gasteiger charge is 2.39. The van der Waals surface area contributed by atoms with E-state index in [1.54, 1.807) is 18.2 Å². The van der Waals surface area contributed by atoms with Crippen LogP contribution in [0.5, 0.6) is 11.5 Å². The van der Waals surface area contributed by atoms with Crippen molar-refractivity contribution in [3.8, 4) is 11.5 Å². The van der Waals surface area contributed by atoms with Crippen LogP contribution in [0.4, 0.5) is 17.1 Å². The molecule has 1 aromatic heterocycles. The molecule has 3 N–H and O–H groups in total. The number of hydrogen-bond donors (Lipinski definition) is 3. The number of amides is 1. The molecule has 1 aliphatic carbocycles. The maximum Gasteiger partial charge on any atom is 0.293 e. The molecule has 13 nitrogen and oxygen atoms in total. The van der Waals surface area contributed by atoms with Crippen molar-refractivity contribution in [2.45, 2.75) is 81.8 Å². The first kappa shape index (κ1) is 42.9. The van der Waals surface area contributed by atoms with E-state index in [0.29, 0.717) is 17.8 Å². The second-order valence-corrected chi connectivity index (χ2v) is 20.6. The number of carbonyl (C=O) groups excluding carboxylic acids is 1.